The maximum Gasteiger partial charge on any atom is 0.337 e. The number of para-hydroxylation sites is 1. The first-order valence-corrected chi connectivity index (χ1v) is 6.40. The lowest BCUT2D eigenvalue weighted by Crippen LogP contribution is -2.04. The fourth-order valence-electron chi connectivity index (χ4n) is 2.02. The molecule has 0 aliphatic rings. The molecule has 1 N–H and O–H groups in total. The summed E-state index contributed by atoms with van der Waals surface area (Å²) in [6.07, 6.45) is 1.49. The molecule has 2 aromatic heterocycles. The average Bonchev–Trinajstić information content (AvgIpc) is 2.88. The Labute approximate surface area is 120 Å². The topological polar surface area (TPSA) is 76.7 Å². The molecule has 0 saturated heterocycles. The van der Waals surface area contributed by atoms with Gasteiger partial charge in [0.1, 0.15) is 12.4 Å². The van der Waals surface area contributed by atoms with Gasteiger partial charge in [0.15, 0.2) is 11.5 Å². The van der Waals surface area contributed by atoms with Crippen molar-refractivity contribution in [2.24, 2.45) is 0 Å². The van der Waals surface area contributed by atoms with Crippen molar-refractivity contribution in [1.82, 2.24) is 14.6 Å². The first-order valence-electron chi connectivity index (χ1n) is 6.40. The molecule has 0 spiro atoms. The Balaban J connectivity index is 1.89. The SMILES string of the molecule is Cc1ccccc1OCc1nnc2ccc(C(=O)O)cn12. The normalized spacial score (nSPS) is 10.7. The first-order chi connectivity index (χ1) is 10.1. The summed E-state index contributed by atoms with van der Waals surface area (Å²) in [6, 6.07) is 10.8. The molecule has 0 saturated carbocycles. The van der Waals surface area contributed by atoms with Gasteiger partial charge in [-0.2, -0.15) is 0 Å². The Kier molecular flexibility index (Phi) is 3.27. The molecule has 6 heteroatoms. The molecule has 0 atom stereocenters. The number of nitrogens with zero attached hydrogens (tertiary/aromatic N) is 3. The number of carbonyl (C=O) groups is 1. The van der Waals surface area contributed by atoms with Crippen LogP contribution in [0.25, 0.3) is 5.65 Å². The molecule has 3 rings (SSSR count). The summed E-state index contributed by atoms with van der Waals surface area (Å²) in [5.41, 5.74) is 1.79. The zero-order chi connectivity index (χ0) is 14.8. The fourth-order valence-corrected chi connectivity index (χ4v) is 2.02. The van der Waals surface area contributed by atoms with E-state index in [1.165, 1.54) is 12.3 Å². The molecule has 0 fully saturated rings. The Morgan fingerprint density at radius 1 is 1.24 bits per heavy atom. The van der Waals surface area contributed by atoms with Crippen molar-refractivity contribution in [3.05, 3.63) is 59.5 Å². The zero-order valence-electron chi connectivity index (χ0n) is 11.4. The second-order valence-electron chi connectivity index (χ2n) is 4.62. The largest absolute Gasteiger partial charge is 0.485 e. The summed E-state index contributed by atoms with van der Waals surface area (Å²) < 4.78 is 7.35. The highest BCUT2D eigenvalue weighted by Gasteiger charge is 2.10. The van der Waals surface area contributed by atoms with E-state index in [2.05, 4.69) is 10.2 Å². The van der Waals surface area contributed by atoms with Gasteiger partial charge in [0, 0.05) is 6.20 Å². The Bertz CT molecular complexity index is 811. The highest BCUT2D eigenvalue weighted by atomic mass is 16.5. The lowest BCUT2D eigenvalue weighted by molar-refractivity contribution is 0.0696. The third-order valence-corrected chi connectivity index (χ3v) is 3.17. The van der Waals surface area contributed by atoms with E-state index in [-0.39, 0.29) is 12.2 Å². The predicted octanol–water partition coefficient (Wildman–Crippen LogP) is 2.31. The van der Waals surface area contributed by atoms with E-state index in [1.807, 2.05) is 31.2 Å². The predicted molar refractivity (Wildman–Crippen MR) is 75.5 cm³/mol. The monoisotopic (exact) mass is 283 g/mol. The zero-order valence-corrected chi connectivity index (χ0v) is 11.4. The lowest BCUT2D eigenvalue weighted by atomic mass is 10.2. The van der Waals surface area contributed by atoms with Crippen LogP contribution in [0.3, 0.4) is 0 Å². The minimum atomic E-state index is -0.989. The maximum absolute atomic E-state index is 11.0. The van der Waals surface area contributed by atoms with Crippen molar-refractivity contribution in [2.45, 2.75) is 13.5 Å². The average molecular weight is 283 g/mol. The summed E-state index contributed by atoms with van der Waals surface area (Å²) in [4.78, 5) is 11.0. The number of carboxylic acids is 1. The highest BCUT2D eigenvalue weighted by molar-refractivity contribution is 5.87. The van der Waals surface area contributed by atoms with Crippen molar-refractivity contribution in [1.29, 1.82) is 0 Å². The second-order valence-corrected chi connectivity index (χ2v) is 4.62. The van der Waals surface area contributed by atoms with Crippen LogP contribution in [0.2, 0.25) is 0 Å². The minimum Gasteiger partial charge on any atom is -0.485 e. The number of hydrogen-bond donors (Lipinski definition) is 1. The number of pyridine rings is 1. The molecule has 0 amide bonds. The quantitative estimate of drug-likeness (QED) is 0.795. The summed E-state index contributed by atoms with van der Waals surface area (Å²) in [7, 11) is 0. The number of fused-ring (bicyclic) bond motifs is 1. The first kappa shape index (κ1) is 13.1. The number of aromatic nitrogens is 3. The van der Waals surface area contributed by atoms with Crippen LogP contribution in [0.15, 0.2) is 42.6 Å². The second kappa shape index (κ2) is 5.24. The van der Waals surface area contributed by atoms with Crippen molar-refractivity contribution < 1.29 is 14.6 Å². The molecule has 0 bridgehead atoms. The van der Waals surface area contributed by atoms with Gasteiger partial charge >= 0.3 is 5.97 Å². The lowest BCUT2D eigenvalue weighted by Gasteiger charge is -2.07. The van der Waals surface area contributed by atoms with Crippen molar-refractivity contribution in [3.8, 4) is 5.75 Å². The van der Waals surface area contributed by atoms with Crippen LogP contribution in [0.1, 0.15) is 21.7 Å². The molecular weight excluding hydrogens is 270 g/mol. The van der Waals surface area contributed by atoms with Gasteiger partial charge in [0.05, 0.1) is 5.56 Å². The Morgan fingerprint density at radius 2 is 2.05 bits per heavy atom. The van der Waals surface area contributed by atoms with E-state index < -0.39 is 5.97 Å². The standard InChI is InChI=1S/C15H13N3O3/c1-10-4-2-3-5-12(10)21-9-14-17-16-13-7-6-11(15(19)20)8-18(13)14/h2-8H,9H2,1H3,(H,19,20). The molecule has 2 heterocycles. The van der Waals surface area contributed by atoms with Crippen LogP contribution in [0.5, 0.6) is 5.75 Å². The third kappa shape index (κ3) is 2.55. The van der Waals surface area contributed by atoms with Gasteiger partial charge in [0.2, 0.25) is 0 Å². The summed E-state index contributed by atoms with van der Waals surface area (Å²) in [5.74, 6) is 0.330. The van der Waals surface area contributed by atoms with Gasteiger partial charge in [0.25, 0.3) is 0 Å². The van der Waals surface area contributed by atoms with Gasteiger partial charge in [-0.25, -0.2) is 4.79 Å². The van der Waals surface area contributed by atoms with Gasteiger partial charge in [-0.15, -0.1) is 10.2 Å². The molecule has 0 aliphatic heterocycles. The maximum atomic E-state index is 11.0. The molecule has 0 radical (unpaired) electrons. The van der Waals surface area contributed by atoms with Gasteiger partial charge in [-0.3, -0.25) is 4.40 Å². The number of aryl methyl sites for hydroxylation is 1. The molecule has 106 valence electrons. The number of rotatable bonds is 4. The van der Waals surface area contributed by atoms with Crippen molar-refractivity contribution >= 4 is 11.6 Å². The number of benzene rings is 1. The number of hydrogen-bond acceptors (Lipinski definition) is 4. The van der Waals surface area contributed by atoms with Crippen molar-refractivity contribution in [3.63, 3.8) is 0 Å². The van der Waals surface area contributed by atoms with Gasteiger partial charge in [-0.1, -0.05) is 18.2 Å². The van der Waals surface area contributed by atoms with E-state index in [1.54, 1.807) is 10.5 Å². The molecule has 0 unspecified atom stereocenters. The van der Waals surface area contributed by atoms with Crippen LogP contribution in [-0.2, 0) is 6.61 Å². The highest BCUT2D eigenvalue weighted by Crippen LogP contribution is 2.18. The minimum absolute atomic E-state index is 0.180. The van der Waals surface area contributed by atoms with Crippen LogP contribution >= 0.6 is 0 Å². The van der Waals surface area contributed by atoms with Crippen LogP contribution < -0.4 is 4.74 Å². The Morgan fingerprint density at radius 3 is 2.81 bits per heavy atom. The summed E-state index contributed by atoms with van der Waals surface area (Å²) >= 11 is 0. The summed E-state index contributed by atoms with van der Waals surface area (Å²) in [6.45, 7) is 2.18. The number of ether oxygens (including phenoxy) is 1. The number of carboxylic acid groups (broad SMARTS) is 1. The molecule has 0 aliphatic carbocycles. The van der Waals surface area contributed by atoms with Gasteiger partial charge < -0.3 is 9.84 Å². The van der Waals surface area contributed by atoms with E-state index in [4.69, 9.17) is 9.84 Å². The van der Waals surface area contributed by atoms with Crippen molar-refractivity contribution in [2.75, 3.05) is 0 Å². The number of aromatic carboxylic acids is 1. The molecule has 1 aromatic carbocycles. The van der Waals surface area contributed by atoms with Gasteiger partial charge in [-0.05, 0) is 30.7 Å². The smallest absolute Gasteiger partial charge is 0.337 e. The Hall–Kier alpha value is -2.89. The molecule has 21 heavy (non-hydrogen) atoms. The molecular formula is C15H13N3O3. The van der Waals surface area contributed by atoms with Crippen LogP contribution in [-0.4, -0.2) is 25.7 Å². The van der Waals surface area contributed by atoms with E-state index in [0.29, 0.717) is 11.5 Å². The van der Waals surface area contributed by atoms with Crippen LogP contribution in [0, 0.1) is 6.92 Å². The van der Waals surface area contributed by atoms with E-state index in [0.717, 1.165) is 11.3 Å². The summed E-state index contributed by atoms with van der Waals surface area (Å²) in [5, 5.41) is 17.1. The molecule has 3 aromatic rings. The molecule has 6 nitrogen and oxygen atoms in total. The fraction of sp³-hybridized carbons (Fsp3) is 0.133. The van der Waals surface area contributed by atoms with Crippen LogP contribution in [0.4, 0.5) is 0 Å². The van der Waals surface area contributed by atoms with E-state index in [9.17, 15) is 4.79 Å². The van der Waals surface area contributed by atoms with E-state index >= 15 is 0 Å². The third-order valence-electron chi connectivity index (χ3n) is 3.17.